The van der Waals surface area contributed by atoms with Gasteiger partial charge in [-0.05, 0) is 131 Å². The van der Waals surface area contributed by atoms with Crippen molar-refractivity contribution in [1.82, 2.24) is 48.6 Å². The summed E-state index contributed by atoms with van der Waals surface area (Å²) in [7, 11) is 1.86. The summed E-state index contributed by atoms with van der Waals surface area (Å²) in [4.78, 5) is 51.9. The molecule has 1 N–H and O–H groups in total. The van der Waals surface area contributed by atoms with E-state index in [-0.39, 0.29) is 34.4 Å². The third kappa shape index (κ3) is 6.20. The normalized spacial score (nSPS) is 19.1. The number of pyridine rings is 1. The maximum atomic E-state index is 15.5. The number of hydrogen-bond acceptors (Lipinski definition) is 9. The monoisotopic (exact) mass is 862 g/mol. The molecule has 2 atom stereocenters. The summed E-state index contributed by atoms with van der Waals surface area (Å²) in [5.74, 6) is -0.500. The van der Waals surface area contributed by atoms with Gasteiger partial charge in [0.2, 0.25) is 0 Å². The van der Waals surface area contributed by atoms with E-state index in [0.29, 0.717) is 77.6 Å². The fraction of sp³-hybridized carbons (Fsp3) is 0.354. The van der Waals surface area contributed by atoms with Crippen molar-refractivity contribution in [2.45, 2.75) is 89.7 Å². The number of nitrogens with one attached hydrogen (secondary N) is 1. The predicted molar refractivity (Wildman–Crippen MR) is 236 cm³/mol. The number of halogens is 1. The van der Waals surface area contributed by atoms with Gasteiger partial charge in [0.05, 0.1) is 62.7 Å². The van der Waals surface area contributed by atoms with Gasteiger partial charge >= 0.3 is 5.76 Å². The summed E-state index contributed by atoms with van der Waals surface area (Å²) in [5, 5.41) is 14.5. The van der Waals surface area contributed by atoms with E-state index in [1.165, 1.54) is 22.7 Å². The van der Waals surface area contributed by atoms with E-state index >= 15 is 9.18 Å². The SMILES string of the molecule is Cc1cc(-n2nc3c(c2-c2cncn(-c4ccc5c(cnn5C)c4)c2=O)[C@H](C)N(C(=O)c2cc4cc([C@@H]5CCOC(C)(C)C5)ccn4c2C2(c4noc(=O)[nH]4)CC2)CC3)cc(C)c1F. The van der Waals surface area contributed by atoms with Crippen LogP contribution in [0.4, 0.5) is 4.39 Å². The number of aromatic nitrogens is 9. The molecule has 326 valence electrons. The van der Waals surface area contributed by atoms with Crippen LogP contribution in [0.1, 0.15) is 108 Å². The zero-order chi connectivity index (χ0) is 44.4. The Morgan fingerprint density at radius 3 is 2.53 bits per heavy atom. The van der Waals surface area contributed by atoms with Crippen LogP contribution in [0, 0.1) is 19.7 Å². The van der Waals surface area contributed by atoms with Crippen LogP contribution in [-0.4, -0.2) is 73.2 Å². The second kappa shape index (κ2) is 14.3. The second-order valence-electron chi connectivity index (χ2n) is 18.4. The van der Waals surface area contributed by atoms with Gasteiger partial charge in [-0.2, -0.15) is 10.2 Å². The van der Waals surface area contributed by atoms with Crippen LogP contribution in [0.15, 0.2) is 87.6 Å². The average molecular weight is 863 g/mol. The third-order valence-corrected chi connectivity index (χ3v) is 13.8. The lowest BCUT2D eigenvalue weighted by Crippen LogP contribution is -2.39. The van der Waals surface area contributed by atoms with Crippen LogP contribution >= 0.6 is 0 Å². The number of benzene rings is 2. The van der Waals surface area contributed by atoms with Gasteiger partial charge < -0.3 is 14.0 Å². The minimum atomic E-state index is -0.746. The third-order valence-electron chi connectivity index (χ3n) is 13.8. The molecule has 2 aliphatic heterocycles. The Bertz CT molecular complexity index is 3320. The van der Waals surface area contributed by atoms with Crippen molar-refractivity contribution in [2.75, 3.05) is 13.2 Å². The van der Waals surface area contributed by atoms with Gasteiger partial charge in [0.1, 0.15) is 12.1 Å². The van der Waals surface area contributed by atoms with Crippen molar-refractivity contribution in [2.24, 2.45) is 7.05 Å². The molecule has 0 unspecified atom stereocenters. The Morgan fingerprint density at radius 1 is 1.00 bits per heavy atom. The lowest BCUT2D eigenvalue weighted by atomic mass is 9.84. The minimum absolute atomic E-state index is 0.205. The van der Waals surface area contributed by atoms with E-state index in [4.69, 9.17) is 14.4 Å². The molecular weight excluding hydrogens is 816 g/mol. The fourth-order valence-electron chi connectivity index (χ4n) is 10.4. The van der Waals surface area contributed by atoms with Crippen molar-refractivity contribution in [3.63, 3.8) is 0 Å². The molecule has 64 heavy (non-hydrogen) atoms. The number of fused-ring (bicyclic) bond motifs is 3. The van der Waals surface area contributed by atoms with Gasteiger partial charge in [0.15, 0.2) is 5.82 Å². The number of H-pyrrole nitrogens is 1. The summed E-state index contributed by atoms with van der Waals surface area (Å²) in [6, 6.07) is 14.8. The lowest BCUT2D eigenvalue weighted by molar-refractivity contribution is -0.0593. The smallest absolute Gasteiger partial charge is 0.376 e. The number of hydrogen-bond donors (Lipinski definition) is 1. The first kappa shape index (κ1) is 39.9. The van der Waals surface area contributed by atoms with Gasteiger partial charge in [0, 0.05) is 61.2 Å². The molecule has 8 heterocycles. The molecule has 1 saturated carbocycles. The number of rotatable bonds is 7. The Labute approximate surface area is 366 Å². The molecular formula is C48H47FN10O5. The van der Waals surface area contributed by atoms with E-state index in [0.717, 1.165) is 40.6 Å². The van der Waals surface area contributed by atoms with Gasteiger partial charge in [0.25, 0.3) is 11.5 Å². The standard InChI is InChI=1S/C48H47FN10O5/c1-26-17-34(18-27(2)40(26)49)59-41(36-24-50-25-58(44(36)61)32-7-8-38-31(20-32)23-51-55(38)6)39-28(3)56(15-10-37(39)53-59)43(60)35-21-33-19-29(30-11-16-63-47(4,5)22-30)9-14-57(33)42(35)48(12-13-48)45-52-46(62)64-54-45/h7-9,14,17-21,23-25,28,30H,10-13,15-16,22H2,1-6H3,(H,52,54,62)/t28-,30+/m0/s1. The fourth-order valence-corrected chi connectivity index (χ4v) is 10.4. The topological polar surface area (TPSA) is 163 Å². The molecule has 16 heteroatoms. The number of amides is 1. The zero-order valence-electron chi connectivity index (χ0n) is 36.5. The highest BCUT2D eigenvalue weighted by atomic mass is 19.1. The zero-order valence-corrected chi connectivity index (χ0v) is 36.5. The molecule has 1 amide bonds. The Hall–Kier alpha value is -6.94. The molecule has 1 saturated heterocycles. The van der Waals surface area contributed by atoms with E-state index < -0.39 is 17.2 Å². The van der Waals surface area contributed by atoms with Gasteiger partial charge in [-0.15, -0.1) is 0 Å². The number of ether oxygens (including phenoxy) is 1. The Balaban J connectivity index is 1.06. The number of carbonyl (C=O) groups is 1. The highest BCUT2D eigenvalue weighted by Crippen LogP contribution is 2.54. The van der Waals surface area contributed by atoms with Crippen LogP contribution in [0.25, 0.3) is 39.1 Å². The van der Waals surface area contributed by atoms with Crippen LogP contribution in [-0.2, 0) is 23.6 Å². The van der Waals surface area contributed by atoms with Crippen LogP contribution in [0.3, 0.4) is 0 Å². The molecule has 0 radical (unpaired) electrons. The van der Waals surface area contributed by atoms with Gasteiger partial charge in [-0.3, -0.25) is 28.3 Å². The summed E-state index contributed by atoms with van der Waals surface area (Å²) in [5.41, 5.74) is 7.10. The molecule has 6 aromatic heterocycles. The first-order valence-corrected chi connectivity index (χ1v) is 21.8. The first-order valence-electron chi connectivity index (χ1n) is 21.8. The van der Waals surface area contributed by atoms with E-state index in [2.05, 4.69) is 50.6 Å². The number of aryl methyl sites for hydroxylation is 3. The Morgan fingerprint density at radius 2 is 1.80 bits per heavy atom. The number of nitrogens with zero attached hydrogens (tertiary/aromatic N) is 9. The highest BCUT2D eigenvalue weighted by molar-refractivity contribution is 5.98. The molecule has 1 aliphatic carbocycles. The van der Waals surface area contributed by atoms with Crippen molar-refractivity contribution in [3.05, 3.63) is 145 Å². The second-order valence-corrected chi connectivity index (χ2v) is 18.4. The van der Waals surface area contributed by atoms with E-state index in [1.807, 2.05) is 49.3 Å². The summed E-state index contributed by atoms with van der Waals surface area (Å²) >= 11 is 0. The molecule has 2 fully saturated rings. The Kier molecular flexibility index (Phi) is 8.90. The first-order chi connectivity index (χ1) is 30.7. The van der Waals surface area contributed by atoms with Crippen LogP contribution in [0.5, 0.6) is 0 Å². The molecule has 0 bridgehead atoms. The van der Waals surface area contributed by atoms with Gasteiger partial charge in [-0.25, -0.2) is 18.9 Å². The molecule has 0 spiro atoms. The van der Waals surface area contributed by atoms with Crippen LogP contribution < -0.4 is 11.3 Å². The number of carbonyl (C=O) groups excluding carboxylic acids is 1. The predicted octanol–water partition coefficient (Wildman–Crippen LogP) is 7.17. The van der Waals surface area contributed by atoms with Gasteiger partial charge in [-0.1, -0.05) is 5.16 Å². The maximum absolute atomic E-state index is 15.5. The van der Waals surface area contributed by atoms with Crippen molar-refractivity contribution >= 4 is 22.3 Å². The van der Waals surface area contributed by atoms with Crippen molar-refractivity contribution < 1.29 is 18.4 Å². The maximum Gasteiger partial charge on any atom is 0.438 e. The summed E-state index contributed by atoms with van der Waals surface area (Å²) < 4.78 is 33.2. The van der Waals surface area contributed by atoms with Crippen LogP contribution in [0.2, 0.25) is 0 Å². The molecule has 11 rings (SSSR count). The molecule has 3 aliphatic rings. The summed E-state index contributed by atoms with van der Waals surface area (Å²) in [6.07, 6.45) is 10.3. The highest BCUT2D eigenvalue weighted by Gasteiger charge is 2.54. The number of aromatic amines is 1. The molecule has 2 aromatic carbocycles. The van der Waals surface area contributed by atoms with E-state index in [9.17, 15) is 9.59 Å². The van der Waals surface area contributed by atoms with Crippen molar-refractivity contribution in [3.8, 4) is 22.6 Å². The van der Waals surface area contributed by atoms with E-state index in [1.54, 1.807) is 41.5 Å². The largest absolute Gasteiger partial charge is 0.438 e. The summed E-state index contributed by atoms with van der Waals surface area (Å²) in [6.45, 7) is 10.6. The average Bonchev–Trinajstić information content (AvgIpc) is 3.56. The minimum Gasteiger partial charge on any atom is -0.376 e. The lowest BCUT2D eigenvalue weighted by Gasteiger charge is -2.35. The quantitative estimate of drug-likeness (QED) is 0.175. The molecule has 15 nitrogen and oxygen atoms in total. The van der Waals surface area contributed by atoms with Crippen molar-refractivity contribution in [1.29, 1.82) is 0 Å². The molecule has 8 aromatic rings.